The van der Waals surface area contributed by atoms with Crippen LogP contribution in [0, 0.1) is 11.8 Å². The molecule has 0 bridgehead atoms. The highest BCUT2D eigenvalue weighted by Gasteiger charge is 2.28. The van der Waals surface area contributed by atoms with Crippen molar-refractivity contribution in [1.82, 2.24) is 5.32 Å². The Morgan fingerprint density at radius 2 is 2.18 bits per heavy atom. The molecule has 1 aliphatic heterocycles. The van der Waals surface area contributed by atoms with Crippen LogP contribution in [0.2, 0.25) is 0 Å². The van der Waals surface area contributed by atoms with Gasteiger partial charge in [0.15, 0.2) is 0 Å². The minimum atomic E-state index is 0.810. The maximum atomic E-state index is 3.57. The van der Waals surface area contributed by atoms with E-state index in [1.54, 1.807) is 0 Å². The second-order valence-corrected chi connectivity index (χ2v) is 3.81. The van der Waals surface area contributed by atoms with Crippen LogP contribution >= 0.6 is 0 Å². The van der Waals surface area contributed by atoms with Crippen LogP contribution in [0.4, 0.5) is 0 Å². The molecule has 1 heterocycles. The van der Waals surface area contributed by atoms with E-state index in [9.17, 15) is 0 Å². The minimum absolute atomic E-state index is 0.810. The van der Waals surface area contributed by atoms with Crippen LogP contribution in [0.15, 0.2) is 0 Å². The van der Waals surface area contributed by atoms with Gasteiger partial charge in [0.1, 0.15) is 0 Å². The summed E-state index contributed by atoms with van der Waals surface area (Å²) < 4.78 is 0. The van der Waals surface area contributed by atoms with E-state index in [2.05, 4.69) is 26.1 Å². The summed E-state index contributed by atoms with van der Waals surface area (Å²) in [5.41, 5.74) is 0. The molecule has 0 aromatic rings. The van der Waals surface area contributed by atoms with E-state index < -0.39 is 0 Å². The van der Waals surface area contributed by atoms with Gasteiger partial charge in [0.05, 0.1) is 0 Å². The molecular formula is C10H21N. The van der Waals surface area contributed by atoms with Gasteiger partial charge in [0.2, 0.25) is 0 Å². The summed E-state index contributed by atoms with van der Waals surface area (Å²) in [7, 11) is 0. The van der Waals surface area contributed by atoms with Gasteiger partial charge < -0.3 is 5.32 Å². The fraction of sp³-hybridized carbons (Fsp3) is 1.00. The predicted octanol–water partition coefficient (Wildman–Crippen LogP) is 2.42. The third-order valence-electron chi connectivity index (χ3n) is 3.22. The zero-order valence-electron chi connectivity index (χ0n) is 8.06. The van der Waals surface area contributed by atoms with E-state index in [0.29, 0.717) is 0 Å². The quantitative estimate of drug-likeness (QED) is 0.660. The largest absolute Gasteiger partial charge is 0.314 e. The van der Waals surface area contributed by atoms with Crippen LogP contribution in [0.1, 0.15) is 40.0 Å². The van der Waals surface area contributed by atoms with Crippen LogP contribution in [-0.2, 0) is 0 Å². The Labute approximate surface area is 70.6 Å². The summed E-state index contributed by atoms with van der Waals surface area (Å²) in [5, 5.41) is 3.57. The van der Waals surface area contributed by atoms with Crippen molar-refractivity contribution in [3.63, 3.8) is 0 Å². The highest BCUT2D eigenvalue weighted by atomic mass is 14.9. The molecule has 1 aliphatic rings. The molecule has 3 unspecified atom stereocenters. The van der Waals surface area contributed by atoms with Gasteiger partial charge in [-0.05, 0) is 31.2 Å². The Morgan fingerprint density at radius 1 is 1.45 bits per heavy atom. The molecule has 1 rings (SSSR count). The average molecular weight is 155 g/mol. The molecule has 1 fully saturated rings. The van der Waals surface area contributed by atoms with Crippen molar-refractivity contribution in [2.75, 3.05) is 6.54 Å². The van der Waals surface area contributed by atoms with E-state index in [1.807, 2.05) is 0 Å². The molecule has 0 aromatic carbocycles. The summed E-state index contributed by atoms with van der Waals surface area (Å²) in [5.74, 6) is 1.86. The van der Waals surface area contributed by atoms with E-state index in [4.69, 9.17) is 0 Å². The van der Waals surface area contributed by atoms with Gasteiger partial charge in [-0.2, -0.15) is 0 Å². The molecule has 0 aromatic heterocycles. The first-order chi connectivity index (χ1) is 5.29. The van der Waals surface area contributed by atoms with E-state index >= 15 is 0 Å². The summed E-state index contributed by atoms with van der Waals surface area (Å²) in [6.07, 6.45) is 4.03. The average Bonchev–Trinajstić information content (AvgIpc) is 2.50. The van der Waals surface area contributed by atoms with Crippen molar-refractivity contribution in [3.8, 4) is 0 Å². The van der Waals surface area contributed by atoms with E-state index in [0.717, 1.165) is 17.9 Å². The van der Waals surface area contributed by atoms with Gasteiger partial charge in [-0.3, -0.25) is 0 Å². The molecular weight excluding hydrogens is 134 g/mol. The topological polar surface area (TPSA) is 12.0 Å². The van der Waals surface area contributed by atoms with Gasteiger partial charge in [-0.25, -0.2) is 0 Å². The maximum absolute atomic E-state index is 3.57. The molecule has 1 heteroatoms. The van der Waals surface area contributed by atoms with E-state index in [1.165, 1.54) is 25.8 Å². The summed E-state index contributed by atoms with van der Waals surface area (Å²) >= 11 is 0. The molecule has 0 radical (unpaired) electrons. The number of hydrogen-bond donors (Lipinski definition) is 1. The molecule has 3 atom stereocenters. The van der Waals surface area contributed by atoms with Crippen molar-refractivity contribution >= 4 is 0 Å². The summed E-state index contributed by atoms with van der Waals surface area (Å²) in [6.45, 7) is 8.22. The number of rotatable bonds is 3. The Hall–Kier alpha value is -0.0400. The van der Waals surface area contributed by atoms with Gasteiger partial charge in [0.25, 0.3) is 0 Å². The second kappa shape index (κ2) is 4.10. The zero-order chi connectivity index (χ0) is 8.27. The minimum Gasteiger partial charge on any atom is -0.314 e. The number of nitrogens with one attached hydrogen (secondary N) is 1. The third kappa shape index (κ3) is 1.96. The Kier molecular flexibility index (Phi) is 3.38. The maximum Gasteiger partial charge on any atom is 0.00957 e. The lowest BCUT2D eigenvalue weighted by Gasteiger charge is -2.23. The van der Waals surface area contributed by atoms with Crippen LogP contribution in [0.3, 0.4) is 0 Å². The molecule has 0 amide bonds. The van der Waals surface area contributed by atoms with E-state index in [-0.39, 0.29) is 0 Å². The molecule has 1 saturated heterocycles. The lowest BCUT2D eigenvalue weighted by molar-refractivity contribution is 0.307. The standard InChI is InChI=1S/C10H21N/c1-4-8(3)9-6-7-11-10(9)5-2/h8-11H,4-7H2,1-3H3. The van der Waals surface area contributed by atoms with Crippen molar-refractivity contribution in [2.24, 2.45) is 11.8 Å². The molecule has 1 N–H and O–H groups in total. The van der Waals surface area contributed by atoms with Crippen molar-refractivity contribution in [1.29, 1.82) is 0 Å². The molecule has 66 valence electrons. The first kappa shape index (κ1) is 9.05. The lowest BCUT2D eigenvalue weighted by Crippen LogP contribution is -2.29. The van der Waals surface area contributed by atoms with Crippen LogP contribution in [0.25, 0.3) is 0 Å². The second-order valence-electron chi connectivity index (χ2n) is 3.81. The highest BCUT2D eigenvalue weighted by molar-refractivity contribution is 4.85. The molecule has 1 nitrogen and oxygen atoms in total. The van der Waals surface area contributed by atoms with Crippen LogP contribution < -0.4 is 5.32 Å². The predicted molar refractivity (Wildman–Crippen MR) is 49.6 cm³/mol. The first-order valence-corrected chi connectivity index (χ1v) is 5.03. The fourth-order valence-corrected chi connectivity index (χ4v) is 2.22. The Balaban J connectivity index is 2.42. The lowest BCUT2D eigenvalue weighted by atomic mass is 9.85. The van der Waals surface area contributed by atoms with Gasteiger partial charge in [0, 0.05) is 6.04 Å². The van der Waals surface area contributed by atoms with Crippen molar-refractivity contribution in [3.05, 3.63) is 0 Å². The SMILES string of the molecule is CCC(C)C1CCNC1CC. The molecule has 0 aliphatic carbocycles. The highest BCUT2D eigenvalue weighted by Crippen LogP contribution is 2.27. The third-order valence-corrected chi connectivity index (χ3v) is 3.22. The first-order valence-electron chi connectivity index (χ1n) is 5.03. The number of hydrogen-bond acceptors (Lipinski definition) is 1. The molecule has 11 heavy (non-hydrogen) atoms. The molecule has 0 spiro atoms. The summed E-state index contributed by atoms with van der Waals surface area (Å²) in [6, 6.07) is 0.810. The van der Waals surface area contributed by atoms with Gasteiger partial charge in [-0.15, -0.1) is 0 Å². The zero-order valence-corrected chi connectivity index (χ0v) is 8.06. The van der Waals surface area contributed by atoms with Crippen LogP contribution in [-0.4, -0.2) is 12.6 Å². The fourth-order valence-electron chi connectivity index (χ4n) is 2.22. The normalized spacial score (nSPS) is 34.1. The van der Waals surface area contributed by atoms with Crippen molar-refractivity contribution in [2.45, 2.75) is 46.1 Å². The Bertz CT molecular complexity index is 111. The van der Waals surface area contributed by atoms with Gasteiger partial charge in [-0.1, -0.05) is 27.2 Å². The smallest absolute Gasteiger partial charge is 0.00957 e. The monoisotopic (exact) mass is 155 g/mol. The van der Waals surface area contributed by atoms with Gasteiger partial charge >= 0.3 is 0 Å². The van der Waals surface area contributed by atoms with Crippen LogP contribution in [0.5, 0.6) is 0 Å². The van der Waals surface area contributed by atoms with Crippen molar-refractivity contribution < 1.29 is 0 Å². The molecule has 0 saturated carbocycles. The Morgan fingerprint density at radius 3 is 2.73 bits per heavy atom. The summed E-state index contributed by atoms with van der Waals surface area (Å²) in [4.78, 5) is 0.